The lowest BCUT2D eigenvalue weighted by atomic mass is 10.1. The average molecular weight is 246 g/mol. The van der Waals surface area contributed by atoms with E-state index in [2.05, 4.69) is 10.3 Å². The summed E-state index contributed by atoms with van der Waals surface area (Å²) in [7, 11) is 0. The van der Waals surface area contributed by atoms with Crippen LogP contribution in [0, 0.1) is 5.82 Å². The largest absolute Gasteiger partial charge is 0.416 e. The number of hydrogen-bond donors (Lipinski definition) is 1. The van der Waals surface area contributed by atoms with E-state index in [-0.39, 0.29) is 11.4 Å². The van der Waals surface area contributed by atoms with Gasteiger partial charge in [-0.2, -0.15) is 13.2 Å². The van der Waals surface area contributed by atoms with Crippen molar-refractivity contribution in [3.05, 3.63) is 35.1 Å². The minimum Gasteiger partial charge on any atom is -0.370 e. The summed E-state index contributed by atoms with van der Waals surface area (Å²) in [4.78, 5) is 3.98. The second-order valence-corrected chi connectivity index (χ2v) is 3.70. The van der Waals surface area contributed by atoms with Crippen LogP contribution < -0.4 is 5.32 Å². The summed E-state index contributed by atoms with van der Waals surface area (Å²) in [5, 5.41) is 2.80. The number of benzene rings is 1. The third-order valence-corrected chi connectivity index (χ3v) is 2.45. The Balaban J connectivity index is 2.42. The summed E-state index contributed by atoms with van der Waals surface area (Å²) < 4.78 is 50.9. The first-order valence-corrected chi connectivity index (χ1v) is 5.14. The van der Waals surface area contributed by atoms with Crippen LogP contribution in [-0.2, 0) is 6.18 Å². The normalized spacial score (nSPS) is 16.4. The molecule has 6 heteroatoms. The van der Waals surface area contributed by atoms with E-state index in [0.717, 1.165) is 24.6 Å². The van der Waals surface area contributed by atoms with Crippen LogP contribution in [0.15, 0.2) is 23.2 Å². The molecule has 0 fully saturated rings. The lowest BCUT2D eigenvalue weighted by Gasteiger charge is -2.16. The number of rotatable bonds is 1. The highest BCUT2D eigenvalue weighted by molar-refractivity contribution is 5.99. The Morgan fingerprint density at radius 3 is 2.59 bits per heavy atom. The van der Waals surface area contributed by atoms with Crippen molar-refractivity contribution in [1.82, 2.24) is 5.32 Å². The molecule has 0 bridgehead atoms. The van der Waals surface area contributed by atoms with Crippen molar-refractivity contribution in [2.75, 3.05) is 13.1 Å². The van der Waals surface area contributed by atoms with Gasteiger partial charge in [0.25, 0.3) is 0 Å². The molecule has 0 spiro atoms. The number of aliphatic imine (C=N–C) groups is 1. The Hall–Kier alpha value is -1.59. The number of amidine groups is 1. The fraction of sp³-hybridized carbons (Fsp3) is 0.364. The maximum atomic E-state index is 13.5. The number of hydrogen-bond acceptors (Lipinski definition) is 2. The van der Waals surface area contributed by atoms with Crippen molar-refractivity contribution in [2.24, 2.45) is 4.99 Å². The SMILES string of the molecule is Fc1ccc(C(F)(F)F)cc1C1=NCCCN1. The minimum atomic E-state index is -4.47. The van der Waals surface area contributed by atoms with Gasteiger partial charge in [0.2, 0.25) is 0 Å². The highest BCUT2D eigenvalue weighted by Gasteiger charge is 2.31. The van der Waals surface area contributed by atoms with Crippen molar-refractivity contribution >= 4 is 5.84 Å². The Kier molecular flexibility index (Phi) is 3.04. The van der Waals surface area contributed by atoms with Gasteiger partial charge < -0.3 is 5.32 Å². The molecule has 1 heterocycles. The zero-order valence-electron chi connectivity index (χ0n) is 8.81. The van der Waals surface area contributed by atoms with Gasteiger partial charge in [-0.25, -0.2) is 4.39 Å². The van der Waals surface area contributed by atoms with Crippen molar-refractivity contribution in [3.63, 3.8) is 0 Å². The fourth-order valence-electron chi connectivity index (χ4n) is 1.60. The summed E-state index contributed by atoms with van der Waals surface area (Å²) in [6.45, 7) is 1.09. The van der Waals surface area contributed by atoms with Gasteiger partial charge in [-0.1, -0.05) is 0 Å². The van der Waals surface area contributed by atoms with E-state index in [1.54, 1.807) is 0 Å². The maximum absolute atomic E-state index is 13.5. The van der Waals surface area contributed by atoms with Crippen LogP contribution in [-0.4, -0.2) is 18.9 Å². The molecule has 0 amide bonds. The van der Waals surface area contributed by atoms with Crippen LogP contribution >= 0.6 is 0 Å². The smallest absolute Gasteiger partial charge is 0.370 e. The molecule has 1 aromatic rings. The summed E-state index contributed by atoms with van der Waals surface area (Å²) in [5.41, 5.74) is -0.997. The molecular formula is C11H10F4N2. The summed E-state index contributed by atoms with van der Waals surface area (Å²) in [5.74, 6) is -0.508. The molecule has 17 heavy (non-hydrogen) atoms. The van der Waals surface area contributed by atoms with Crippen LogP contribution in [0.5, 0.6) is 0 Å². The average Bonchev–Trinajstić information content (AvgIpc) is 2.29. The highest BCUT2D eigenvalue weighted by Crippen LogP contribution is 2.30. The quantitative estimate of drug-likeness (QED) is 0.757. The van der Waals surface area contributed by atoms with Crippen LogP contribution in [0.1, 0.15) is 17.5 Å². The third kappa shape index (κ3) is 2.57. The monoisotopic (exact) mass is 246 g/mol. The Labute approximate surface area is 95.4 Å². The van der Waals surface area contributed by atoms with E-state index < -0.39 is 17.6 Å². The molecule has 2 nitrogen and oxygen atoms in total. The Morgan fingerprint density at radius 2 is 2.00 bits per heavy atom. The second-order valence-electron chi connectivity index (χ2n) is 3.70. The zero-order valence-corrected chi connectivity index (χ0v) is 8.81. The first-order chi connectivity index (χ1) is 7.98. The van der Waals surface area contributed by atoms with Gasteiger partial charge in [0.05, 0.1) is 11.1 Å². The van der Waals surface area contributed by atoms with E-state index in [9.17, 15) is 17.6 Å². The third-order valence-electron chi connectivity index (χ3n) is 2.45. The van der Waals surface area contributed by atoms with E-state index in [4.69, 9.17) is 0 Å². The minimum absolute atomic E-state index is 0.125. The van der Waals surface area contributed by atoms with E-state index in [1.807, 2.05) is 0 Å². The molecule has 0 unspecified atom stereocenters. The van der Waals surface area contributed by atoms with Gasteiger partial charge in [0.1, 0.15) is 11.7 Å². The Bertz CT molecular complexity index is 451. The van der Waals surface area contributed by atoms with E-state index >= 15 is 0 Å². The number of halogens is 4. The molecule has 0 saturated carbocycles. The second kappa shape index (κ2) is 4.35. The zero-order chi connectivity index (χ0) is 12.5. The summed E-state index contributed by atoms with van der Waals surface area (Å²) in [6.07, 6.45) is -3.68. The van der Waals surface area contributed by atoms with Crippen LogP contribution in [0.25, 0.3) is 0 Å². The number of alkyl halides is 3. The van der Waals surface area contributed by atoms with E-state index in [0.29, 0.717) is 13.1 Å². The molecule has 92 valence electrons. The van der Waals surface area contributed by atoms with E-state index in [1.165, 1.54) is 0 Å². The van der Waals surface area contributed by atoms with Gasteiger partial charge in [0.15, 0.2) is 0 Å². The van der Waals surface area contributed by atoms with Crippen molar-refractivity contribution < 1.29 is 17.6 Å². The van der Waals surface area contributed by atoms with Crippen LogP contribution in [0.3, 0.4) is 0 Å². The molecule has 0 atom stereocenters. The summed E-state index contributed by atoms with van der Waals surface area (Å²) in [6, 6.07) is 2.33. The highest BCUT2D eigenvalue weighted by atomic mass is 19.4. The van der Waals surface area contributed by atoms with Crippen LogP contribution in [0.4, 0.5) is 17.6 Å². The lowest BCUT2D eigenvalue weighted by Crippen LogP contribution is -2.31. The van der Waals surface area contributed by atoms with Crippen molar-refractivity contribution in [1.29, 1.82) is 0 Å². The molecule has 0 aromatic heterocycles. The number of nitrogens with zero attached hydrogens (tertiary/aromatic N) is 1. The first-order valence-electron chi connectivity index (χ1n) is 5.14. The maximum Gasteiger partial charge on any atom is 0.416 e. The molecule has 1 aliphatic heterocycles. The van der Waals surface area contributed by atoms with Gasteiger partial charge >= 0.3 is 6.18 Å². The molecule has 2 rings (SSSR count). The molecule has 1 aliphatic rings. The fourth-order valence-corrected chi connectivity index (χ4v) is 1.60. The molecule has 0 saturated heterocycles. The van der Waals surface area contributed by atoms with Gasteiger partial charge in [-0.15, -0.1) is 0 Å². The number of nitrogens with one attached hydrogen (secondary N) is 1. The van der Waals surface area contributed by atoms with Gasteiger partial charge in [0, 0.05) is 13.1 Å². The van der Waals surface area contributed by atoms with Gasteiger partial charge in [-0.05, 0) is 24.6 Å². The Morgan fingerprint density at radius 1 is 1.24 bits per heavy atom. The van der Waals surface area contributed by atoms with Crippen molar-refractivity contribution in [2.45, 2.75) is 12.6 Å². The molecule has 0 aliphatic carbocycles. The summed E-state index contributed by atoms with van der Waals surface area (Å²) >= 11 is 0. The van der Waals surface area contributed by atoms with Gasteiger partial charge in [-0.3, -0.25) is 4.99 Å². The predicted octanol–water partition coefficient (Wildman–Crippen LogP) is 2.58. The topological polar surface area (TPSA) is 24.4 Å². The molecule has 1 aromatic carbocycles. The lowest BCUT2D eigenvalue weighted by molar-refractivity contribution is -0.137. The van der Waals surface area contributed by atoms with Crippen LogP contribution in [0.2, 0.25) is 0 Å². The van der Waals surface area contributed by atoms with Crippen molar-refractivity contribution in [3.8, 4) is 0 Å². The first kappa shape index (κ1) is 11.9. The standard InChI is InChI=1S/C11H10F4N2/c12-9-3-2-7(11(13,14)15)6-8(9)10-16-4-1-5-17-10/h2-3,6H,1,4-5H2,(H,16,17). The predicted molar refractivity (Wildman–Crippen MR) is 55.4 cm³/mol. The molecule has 1 N–H and O–H groups in total. The molecular weight excluding hydrogens is 236 g/mol. The molecule has 0 radical (unpaired) electrons.